The van der Waals surface area contributed by atoms with Crippen molar-refractivity contribution in [2.75, 3.05) is 26.7 Å². The lowest BCUT2D eigenvalue weighted by atomic mass is 9.74. The van der Waals surface area contributed by atoms with Crippen LogP contribution in [0.4, 0.5) is 0 Å². The Labute approximate surface area is 188 Å². The molecular weight excluding hydrogens is 400 g/mol. The summed E-state index contributed by atoms with van der Waals surface area (Å²) in [6.45, 7) is 2.81. The first kappa shape index (κ1) is 19.8. The number of amides is 1. The molecule has 0 aliphatic carbocycles. The van der Waals surface area contributed by atoms with Crippen LogP contribution in [-0.4, -0.2) is 57.9 Å². The van der Waals surface area contributed by atoms with Crippen LogP contribution in [0.15, 0.2) is 55.0 Å². The van der Waals surface area contributed by atoms with E-state index in [0.29, 0.717) is 23.9 Å². The Kier molecular flexibility index (Phi) is 4.90. The molecule has 3 saturated heterocycles. The summed E-state index contributed by atoms with van der Waals surface area (Å²) >= 11 is 0. The van der Waals surface area contributed by atoms with Gasteiger partial charge in [-0.2, -0.15) is 0 Å². The van der Waals surface area contributed by atoms with Gasteiger partial charge < -0.3 is 14.0 Å². The highest BCUT2D eigenvalue weighted by Crippen LogP contribution is 2.44. The molecule has 3 aliphatic rings. The molecule has 0 radical (unpaired) electrons. The molecule has 5 heterocycles. The summed E-state index contributed by atoms with van der Waals surface area (Å²) in [5.74, 6) is 2.18. The van der Waals surface area contributed by atoms with Gasteiger partial charge in [0.05, 0.1) is 12.7 Å². The molecule has 1 aromatic carbocycles. The van der Waals surface area contributed by atoms with E-state index in [4.69, 9.17) is 4.74 Å². The molecule has 4 atom stereocenters. The second-order valence-electron chi connectivity index (χ2n) is 9.67. The SMILES string of the molecule is COc1ccc([C@H]2CCC[C@H]3[C@@H]4C[C@@H](CN(C(=O)c5ccc6nccn6c5)C4)CN23)cc1. The van der Waals surface area contributed by atoms with E-state index in [2.05, 4.69) is 39.0 Å². The molecule has 2 aromatic heterocycles. The molecule has 3 fully saturated rings. The Morgan fingerprint density at radius 2 is 1.94 bits per heavy atom. The van der Waals surface area contributed by atoms with Crippen LogP contribution in [-0.2, 0) is 0 Å². The average molecular weight is 431 g/mol. The molecule has 6 rings (SSSR count). The molecule has 6 heteroatoms. The summed E-state index contributed by atoms with van der Waals surface area (Å²) in [7, 11) is 1.72. The van der Waals surface area contributed by atoms with Gasteiger partial charge in [-0.05, 0) is 67.3 Å². The predicted octanol–water partition coefficient (Wildman–Crippen LogP) is 4.03. The number of aromatic nitrogens is 2. The maximum Gasteiger partial charge on any atom is 0.255 e. The Morgan fingerprint density at radius 3 is 2.78 bits per heavy atom. The van der Waals surface area contributed by atoms with Gasteiger partial charge in [-0.1, -0.05) is 12.1 Å². The lowest BCUT2D eigenvalue weighted by Gasteiger charge is -2.55. The molecular formula is C26H30N4O2. The summed E-state index contributed by atoms with van der Waals surface area (Å²) in [5.41, 5.74) is 3.03. The monoisotopic (exact) mass is 430 g/mol. The molecule has 3 aromatic rings. The van der Waals surface area contributed by atoms with Gasteiger partial charge in [0, 0.05) is 50.3 Å². The number of hydrogen-bond donors (Lipinski definition) is 0. The highest BCUT2D eigenvalue weighted by atomic mass is 16.5. The van der Waals surface area contributed by atoms with Crippen LogP contribution in [0.25, 0.3) is 5.65 Å². The third-order valence-corrected chi connectivity index (χ3v) is 7.81. The fraction of sp³-hybridized carbons (Fsp3) is 0.462. The van der Waals surface area contributed by atoms with Crippen molar-refractivity contribution in [1.82, 2.24) is 19.2 Å². The second-order valence-corrected chi connectivity index (χ2v) is 9.67. The zero-order valence-electron chi connectivity index (χ0n) is 18.6. The Morgan fingerprint density at radius 1 is 1.06 bits per heavy atom. The molecule has 1 amide bonds. The van der Waals surface area contributed by atoms with Crippen LogP contribution in [0, 0.1) is 11.8 Å². The molecule has 0 spiro atoms. The van der Waals surface area contributed by atoms with E-state index in [1.807, 2.05) is 28.9 Å². The van der Waals surface area contributed by atoms with Gasteiger partial charge in [0.15, 0.2) is 0 Å². The summed E-state index contributed by atoms with van der Waals surface area (Å²) in [4.78, 5) is 22.5. The number of hydrogen-bond acceptors (Lipinski definition) is 4. The lowest BCUT2D eigenvalue weighted by Crippen LogP contribution is -2.60. The quantitative estimate of drug-likeness (QED) is 0.630. The Balaban J connectivity index is 1.21. The number of nitrogens with zero attached hydrogens (tertiary/aromatic N) is 4. The van der Waals surface area contributed by atoms with Crippen molar-refractivity contribution in [2.24, 2.45) is 11.8 Å². The molecule has 0 unspecified atom stereocenters. The number of carbonyl (C=O) groups is 1. The van der Waals surface area contributed by atoms with Crippen LogP contribution in [0.3, 0.4) is 0 Å². The number of rotatable bonds is 3. The molecule has 0 saturated carbocycles. The third-order valence-electron chi connectivity index (χ3n) is 7.81. The van der Waals surface area contributed by atoms with Gasteiger partial charge >= 0.3 is 0 Å². The summed E-state index contributed by atoms with van der Waals surface area (Å²) < 4.78 is 7.29. The topological polar surface area (TPSA) is 50.1 Å². The van der Waals surface area contributed by atoms with E-state index in [-0.39, 0.29) is 5.91 Å². The normalized spacial score (nSPS) is 27.8. The van der Waals surface area contributed by atoms with Crippen LogP contribution in [0.5, 0.6) is 5.75 Å². The number of ether oxygens (including phenoxy) is 1. The van der Waals surface area contributed by atoms with Crippen molar-refractivity contribution < 1.29 is 9.53 Å². The van der Waals surface area contributed by atoms with E-state index in [9.17, 15) is 4.79 Å². The minimum absolute atomic E-state index is 0.159. The number of imidazole rings is 1. The zero-order chi connectivity index (χ0) is 21.7. The van der Waals surface area contributed by atoms with Gasteiger partial charge in [-0.25, -0.2) is 4.98 Å². The average Bonchev–Trinajstić information content (AvgIpc) is 3.31. The van der Waals surface area contributed by atoms with E-state index in [1.54, 1.807) is 13.3 Å². The minimum Gasteiger partial charge on any atom is -0.497 e. The lowest BCUT2D eigenvalue weighted by molar-refractivity contribution is -0.0511. The van der Waals surface area contributed by atoms with Crippen LogP contribution < -0.4 is 4.74 Å². The van der Waals surface area contributed by atoms with Gasteiger partial charge in [0.1, 0.15) is 11.4 Å². The van der Waals surface area contributed by atoms with Crippen molar-refractivity contribution >= 4 is 11.6 Å². The number of methoxy groups -OCH3 is 1. The smallest absolute Gasteiger partial charge is 0.255 e. The van der Waals surface area contributed by atoms with Crippen molar-refractivity contribution in [3.8, 4) is 5.75 Å². The van der Waals surface area contributed by atoms with Crippen molar-refractivity contribution in [3.63, 3.8) is 0 Å². The van der Waals surface area contributed by atoms with Gasteiger partial charge in [-0.15, -0.1) is 0 Å². The van der Waals surface area contributed by atoms with Crippen molar-refractivity contribution in [2.45, 2.75) is 37.8 Å². The molecule has 166 valence electrons. The standard InChI is InChI=1S/C26H30N4O2/c1-32-22-8-5-19(6-9-22)23-3-2-4-24-21-13-18(15-30(23)24)14-29(17-21)26(31)20-7-10-25-27-11-12-28(25)16-20/h5-12,16,18,21,23-24H,2-4,13-15,17H2,1H3/t18-,21+,23+,24-/m0/s1. The second kappa shape index (κ2) is 7.93. The van der Waals surface area contributed by atoms with Crippen molar-refractivity contribution in [1.29, 1.82) is 0 Å². The highest BCUT2D eigenvalue weighted by Gasteiger charge is 2.45. The van der Waals surface area contributed by atoms with Crippen molar-refractivity contribution in [3.05, 3.63) is 66.1 Å². The van der Waals surface area contributed by atoms with Gasteiger partial charge in [0.25, 0.3) is 5.91 Å². The number of piperidine rings is 3. The largest absolute Gasteiger partial charge is 0.497 e. The molecule has 32 heavy (non-hydrogen) atoms. The van der Waals surface area contributed by atoms with Crippen LogP contribution in [0.1, 0.15) is 47.6 Å². The van der Waals surface area contributed by atoms with E-state index in [0.717, 1.165) is 36.6 Å². The fourth-order valence-corrected chi connectivity index (χ4v) is 6.39. The summed E-state index contributed by atoms with van der Waals surface area (Å²) in [5, 5.41) is 0. The molecule has 3 aliphatic heterocycles. The third kappa shape index (κ3) is 3.37. The highest BCUT2D eigenvalue weighted by molar-refractivity contribution is 5.94. The maximum absolute atomic E-state index is 13.4. The molecule has 2 bridgehead atoms. The first-order valence-electron chi connectivity index (χ1n) is 11.8. The van der Waals surface area contributed by atoms with E-state index >= 15 is 0 Å². The molecule has 0 N–H and O–H groups in total. The number of likely N-dealkylation sites (tertiary alicyclic amines) is 1. The first-order valence-corrected chi connectivity index (χ1v) is 11.8. The fourth-order valence-electron chi connectivity index (χ4n) is 6.39. The maximum atomic E-state index is 13.4. The van der Waals surface area contributed by atoms with E-state index < -0.39 is 0 Å². The van der Waals surface area contributed by atoms with Gasteiger partial charge in [0.2, 0.25) is 0 Å². The summed E-state index contributed by atoms with van der Waals surface area (Å²) in [6.07, 6.45) is 10.6. The number of pyridine rings is 1. The zero-order valence-corrected chi connectivity index (χ0v) is 18.6. The summed E-state index contributed by atoms with van der Waals surface area (Å²) in [6, 6.07) is 13.5. The van der Waals surface area contributed by atoms with Crippen LogP contribution >= 0.6 is 0 Å². The predicted molar refractivity (Wildman–Crippen MR) is 123 cm³/mol. The van der Waals surface area contributed by atoms with E-state index in [1.165, 1.54) is 31.2 Å². The number of carbonyl (C=O) groups excluding carboxylic acids is 1. The van der Waals surface area contributed by atoms with Crippen LogP contribution in [0.2, 0.25) is 0 Å². The minimum atomic E-state index is 0.159. The molecule has 6 nitrogen and oxygen atoms in total. The number of fused-ring (bicyclic) bond motifs is 5. The number of benzene rings is 1. The Bertz CT molecular complexity index is 1120. The first-order chi connectivity index (χ1) is 15.7. The Hall–Kier alpha value is -2.86. The van der Waals surface area contributed by atoms with Gasteiger partial charge in [-0.3, -0.25) is 9.69 Å².